The van der Waals surface area contributed by atoms with Gasteiger partial charge in [0.2, 0.25) is 0 Å². The molecule has 0 radical (unpaired) electrons. The molecule has 0 saturated heterocycles. The topological polar surface area (TPSA) is 12.0 Å². The Balaban J connectivity index is 3.03. The van der Waals surface area contributed by atoms with Crippen molar-refractivity contribution in [2.45, 2.75) is 40.2 Å². The maximum absolute atomic E-state index is 13.3. The van der Waals surface area contributed by atoms with Crippen LogP contribution in [0.2, 0.25) is 0 Å². The van der Waals surface area contributed by atoms with Crippen LogP contribution in [0.3, 0.4) is 0 Å². The Morgan fingerprint density at radius 2 is 2.12 bits per heavy atom. The van der Waals surface area contributed by atoms with E-state index in [1.807, 2.05) is 13.0 Å². The van der Waals surface area contributed by atoms with Crippen LogP contribution < -0.4 is 5.32 Å². The maximum atomic E-state index is 13.3. The number of allylic oxidation sites excluding steroid dienone is 1. The molecule has 0 heterocycles. The lowest BCUT2D eigenvalue weighted by Crippen LogP contribution is -2.21. The predicted molar refractivity (Wildman–Crippen MR) is 71.6 cm³/mol. The Kier molecular flexibility index (Phi) is 5.36. The van der Waals surface area contributed by atoms with Gasteiger partial charge in [-0.05, 0) is 57.0 Å². The van der Waals surface area contributed by atoms with Gasteiger partial charge in [-0.15, -0.1) is 0 Å². The van der Waals surface area contributed by atoms with E-state index in [0.717, 1.165) is 24.1 Å². The van der Waals surface area contributed by atoms with E-state index in [4.69, 9.17) is 0 Å². The zero-order valence-electron chi connectivity index (χ0n) is 11.2. The van der Waals surface area contributed by atoms with E-state index < -0.39 is 0 Å². The Hall–Kier alpha value is -1.15. The molecular weight excluding hydrogens is 213 g/mol. The highest BCUT2D eigenvalue weighted by Gasteiger charge is 2.11. The number of aryl methyl sites for hydroxylation is 1. The lowest BCUT2D eigenvalue weighted by Gasteiger charge is -2.18. The summed E-state index contributed by atoms with van der Waals surface area (Å²) in [4.78, 5) is 0. The fourth-order valence-electron chi connectivity index (χ4n) is 1.84. The molecule has 0 aliphatic heterocycles. The van der Waals surface area contributed by atoms with Crippen molar-refractivity contribution in [3.05, 3.63) is 46.8 Å². The summed E-state index contributed by atoms with van der Waals surface area (Å²) < 4.78 is 13.3. The fraction of sp³-hybridized carbons (Fsp3) is 0.467. The van der Waals surface area contributed by atoms with E-state index in [9.17, 15) is 4.39 Å². The number of benzene rings is 1. The lowest BCUT2D eigenvalue weighted by molar-refractivity contribution is 0.591. The first kappa shape index (κ1) is 13.9. The zero-order chi connectivity index (χ0) is 12.8. The second-order valence-corrected chi connectivity index (χ2v) is 4.68. The van der Waals surface area contributed by atoms with E-state index in [1.165, 1.54) is 11.6 Å². The van der Waals surface area contributed by atoms with Crippen molar-refractivity contribution >= 4 is 0 Å². The Bertz CT molecular complexity index is 392. The first-order valence-corrected chi connectivity index (χ1v) is 6.19. The Morgan fingerprint density at radius 1 is 1.41 bits per heavy atom. The average Bonchev–Trinajstić information content (AvgIpc) is 2.27. The van der Waals surface area contributed by atoms with Crippen molar-refractivity contribution in [1.82, 2.24) is 5.32 Å². The molecule has 1 atom stereocenters. The largest absolute Gasteiger partial charge is 0.307 e. The van der Waals surface area contributed by atoms with E-state index >= 15 is 0 Å². The summed E-state index contributed by atoms with van der Waals surface area (Å²) in [6, 6.07) is 5.08. The molecule has 0 aliphatic rings. The number of halogens is 1. The molecule has 1 rings (SSSR count). The van der Waals surface area contributed by atoms with Gasteiger partial charge in [-0.25, -0.2) is 4.39 Å². The smallest absolute Gasteiger partial charge is 0.123 e. The molecular formula is C15H22FN. The second-order valence-electron chi connectivity index (χ2n) is 4.68. The van der Waals surface area contributed by atoms with Crippen LogP contribution in [0.1, 0.15) is 44.4 Å². The normalized spacial score (nSPS) is 12.3. The van der Waals surface area contributed by atoms with E-state index in [0.29, 0.717) is 0 Å². The minimum Gasteiger partial charge on any atom is -0.307 e. The van der Waals surface area contributed by atoms with Crippen LogP contribution in [0.25, 0.3) is 0 Å². The summed E-state index contributed by atoms with van der Waals surface area (Å²) in [5.41, 5.74) is 3.39. The molecule has 0 bridgehead atoms. The van der Waals surface area contributed by atoms with Crippen molar-refractivity contribution in [1.29, 1.82) is 0 Å². The van der Waals surface area contributed by atoms with Gasteiger partial charge in [-0.1, -0.05) is 24.6 Å². The summed E-state index contributed by atoms with van der Waals surface area (Å²) in [5.74, 6) is -0.170. The first-order valence-electron chi connectivity index (χ1n) is 6.19. The third-order valence-corrected chi connectivity index (χ3v) is 2.69. The van der Waals surface area contributed by atoms with Crippen molar-refractivity contribution in [3.8, 4) is 0 Å². The number of nitrogens with one attached hydrogen (secondary N) is 1. The van der Waals surface area contributed by atoms with E-state index in [-0.39, 0.29) is 11.9 Å². The minimum atomic E-state index is -0.170. The van der Waals surface area contributed by atoms with Gasteiger partial charge in [0.25, 0.3) is 0 Å². The van der Waals surface area contributed by atoms with Gasteiger partial charge in [-0.2, -0.15) is 0 Å². The Morgan fingerprint density at radius 3 is 2.71 bits per heavy atom. The van der Waals surface area contributed by atoms with Crippen molar-refractivity contribution in [3.63, 3.8) is 0 Å². The molecule has 2 heteroatoms. The molecule has 0 spiro atoms. The highest BCUT2D eigenvalue weighted by atomic mass is 19.1. The third kappa shape index (κ3) is 4.31. The fourth-order valence-corrected chi connectivity index (χ4v) is 1.84. The second kappa shape index (κ2) is 6.55. The molecule has 0 fully saturated rings. The molecule has 1 unspecified atom stereocenters. The molecule has 17 heavy (non-hydrogen) atoms. The van der Waals surface area contributed by atoms with E-state index in [1.54, 1.807) is 6.07 Å². The SMILES string of the molecule is CCCNC(C=C(C)C)c1cc(F)ccc1C. The van der Waals surface area contributed by atoms with Crippen LogP contribution >= 0.6 is 0 Å². The molecule has 0 amide bonds. The van der Waals surface area contributed by atoms with Gasteiger partial charge < -0.3 is 5.32 Å². The van der Waals surface area contributed by atoms with Crippen LogP contribution in [0.15, 0.2) is 29.8 Å². The molecule has 0 aromatic heterocycles. The van der Waals surface area contributed by atoms with Gasteiger partial charge in [-0.3, -0.25) is 0 Å². The maximum Gasteiger partial charge on any atom is 0.123 e. The minimum absolute atomic E-state index is 0.107. The number of hydrogen-bond acceptors (Lipinski definition) is 1. The average molecular weight is 235 g/mol. The van der Waals surface area contributed by atoms with Gasteiger partial charge in [0, 0.05) is 0 Å². The Labute approximate surface area is 104 Å². The standard InChI is InChI=1S/C15H22FN/c1-5-8-17-15(9-11(2)3)14-10-13(16)7-6-12(14)4/h6-7,9-10,15,17H,5,8H2,1-4H3. The number of hydrogen-bond donors (Lipinski definition) is 1. The van der Waals surface area contributed by atoms with E-state index in [2.05, 4.69) is 32.2 Å². The van der Waals surface area contributed by atoms with Crippen molar-refractivity contribution in [2.75, 3.05) is 6.54 Å². The first-order chi connectivity index (χ1) is 8.04. The van der Waals surface area contributed by atoms with Crippen LogP contribution in [-0.2, 0) is 0 Å². The van der Waals surface area contributed by atoms with Gasteiger partial charge in [0.1, 0.15) is 5.82 Å². The lowest BCUT2D eigenvalue weighted by atomic mass is 9.99. The third-order valence-electron chi connectivity index (χ3n) is 2.69. The summed E-state index contributed by atoms with van der Waals surface area (Å²) in [7, 11) is 0. The van der Waals surface area contributed by atoms with Gasteiger partial charge >= 0.3 is 0 Å². The summed E-state index contributed by atoms with van der Waals surface area (Å²) in [6.45, 7) is 9.22. The number of rotatable bonds is 5. The predicted octanol–water partition coefficient (Wildman–Crippen LogP) is 4.14. The summed E-state index contributed by atoms with van der Waals surface area (Å²) in [5, 5.41) is 3.44. The molecule has 1 N–H and O–H groups in total. The van der Waals surface area contributed by atoms with Crippen molar-refractivity contribution in [2.24, 2.45) is 0 Å². The highest BCUT2D eigenvalue weighted by Crippen LogP contribution is 2.21. The summed E-state index contributed by atoms with van der Waals surface area (Å²) in [6.07, 6.45) is 3.22. The molecule has 0 saturated carbocycles. The highest BCUT2D eigenvalue weighted by molar-refractivity contribution is 5.32. The monoisotopic (exact) mass is 235 g/mol. The molecule has 1 aromatic carbocycles. The van der Waals surface area contributed by atoms with Crippen molar-refractivity contribution < 1.29 is 4.39 Å². The quantitative estimate of drug-likeness (QED) is 0.756. The summed E-state index contributed by atoms with van der Waals surface area (Å²) >= 11 is 0. The molecule has 1 nitrogen and oxygen atoms in total. The van der Waals surface area contributed by atoms with Crippen LogP contribution in [-0.4, -0.2) is 6.54 Å². The zero-order valence-corrected chi connectivity index (χ0v) is 11.2. The molecule has 1 aromatic rings. The molecule has 0 aliphatic carbocycles. The van der Waals surface area contributed by atoms with Crippen LogP contribution in [0, 0.1) is 12.7 Å². The van der Waals surface area contributed by atoms with Crippen LogP contribution in [0.5, 0.6) is 0 Å². The van der Waals surface area contributed by atoms with Crippen LogP contribution in [0.4, 0.5) is 4.39 Å². The van der Waals surface area contributed by atoms with Gasteiger partial charge in [0.05, 0.1) is 6.04 Å². The molecule has 94 valence electrons. The van der Waals surface area contributed by atoms with Gasteiger partial charge in [0.15, 0.2) is 0 Å².